The number of amides is 1. The molecule has 0 bridgehead atoms. The Morgan fingerprint density at radius 2 is 1.83 bits per heavy atom. The standard InChI is InChI=1S/C18H30N4O/c1-4-5-7-10-15(2)22-18(19-3)21-14-13-20-17(23)16-11-8-6-9-12-16/h6,8-9,11-12,15H,4-5,7,10,13-14H2,1-3H3,(H,20,23)(H2,19,21,22). The van der Waals surface area contributed by atoms with Crippen molar-refractivity contribution in [3.05, 3.63) is 35.9 Å². The highest BCUT2D eigenvalue weighted by molar-refractivity contribution is 5.94. The zero-order valence-electron chi connectivity index (χ0n) is 14.6. The molecule has 23 heavy (non-hydrogen) atoms. The van der Waals surface area contributed by atoms with Crippen molar-refractivity contribution in [2.75, 3.05) is 20.1 Å². The van der Waals surface area contributed by atoms with Gasteiger partial charge >= 0.3 is 0 Å². The molecule has 0 radical (unpaired) electrons. The van der Waals surface area contributed by atoms with Crippen molar-refractivity contribution in [3.63, 3.8) is 0 Å². The lowest BCUT2D eigenvalue weighted by Gasteiger charge is -2.18. The minimum Gasteiger partial charge on any atom is -0.355 e. The number of guanidine groups is 1. The molecule has 0 aliphatic carbocycles. The maximum absolute atomic E-state index is 11.9. The molecular formula is C18H30N4O. The number of nitrogens with zero attached hydrogens (tertiary/aromatic N) is 1. The first-order chi connectivity index (χ1) is 11.2. The van der Waals surface area contributed by atoms with Crippen molar-refractivity contribution >= 4 is 11.9 Å². The van der Waals surface area contributed by atoms with E-state index in [0.29, 0.717) is 24.7 Å². The molecule has 128 valence electrons. The summed E-state index contributed by atoms with van der Waals surface area (Å²) in [5, 5.41) is 9.48. The van der Waals surface area contributed by atoms with Gasteiger partial charge in [0.2, 0.25) is 0 Å². The van der Waals surface area contributed by atoms with Crippen LogP contribution in [0.4, 0.5) is 0 Å². The van der Waals surface area contributed by atoms with E-state index in [4.69, 9.17) is 0 Å². The van der Waals surface area contributed by atoms with E-state index in [9.17, 15) is 4.79 Å². The average molecular weight is 318 g/mol. The molecular weight excluding hydrogens is 288 g/mol. The first-order valence-corrected chi connectivity index (χ1v) is 8.47. The van der Waals surface area contributed by atoms with Gasteiger partial charge in [-0.25, -0.2) is 0 Å². The molecule has 0 saturated heterocycles. The topological polar surface area (TPSA) is 65.5 Å². The van der Waals surface area contributed by atoms with E-state index >= 15 is 0 Å². The van der Waals surface area contributed by atoms with E-state index in [1.54, 1.807) is 19.2 Å². The van der Waals surface area contributed by atoms with E-state index in [-0.39, 0.29) is 5.91 Å². The second-order valence-electron chi connectivity index (χ2n) is 5.66. The Labute approximate surface area is 140 Å². The average Bonchev–Trinajstić information content (AvgIpc) is 2.58. The fraction of sp³-hybridized carbons (Fsp3) is 0.556. The van der Waals surface area contributed by atoms with Crippen LogP contribution in [-0.2, 0) is 0 Å². The third kappa shape index (κ3) is 8.24. The van der Waals surface area contributed by atoms with Gasteiger partial charge < -0.3 is 16.0 Å². The summed E-state index contributed by atoms with van der Waals surface area (Å²) in [7, 11) is 1.76. The molecule has 1 unspecified atom stereocenters. The van der Waals surface area contributed by atoms with Crippen LogP contribution < -0.4 is 16.0 Å². The summed E-state index contributed by atoms with van der Waals surface area (Å²) in [5.41, 5.74) is 0.680. The number of carbonyl (C=O) groups excluding carboxylic acids is 1. The Morgan fingerprint density at radius 1 is 1.13 bits per heavy atom. The lowest BCUT2D eigenvalue weighted by Crippen LogP contribution is -2.44. The van der Waals surface area contributed by atoms with Crippen molar-refractivity contribution in [3.8, 4) is 0 Å². The molecule has 1 aromatic rings. The fourth-order valence-corrected chi connectivity index (χ4v) is 2.25. The van der Waals surface area contributed by atoms with Gasteiger partial charge in [0.25, 0.3) is 5.91 Å². The first-order valence-electron chi connectivity index (χ1n) is 8.47. The van der Waals surface area contributed by atoms with E-state index in [1.807, 2.05) is 18.2 Å². The zero-order chi connectivity index (χ0) is 16.9. The van der Waals surface area contributed by atoms with E-state index in [2.05, 4.69) is 34.8 Å². The molecule has 0 heterocycles. The Bertz CT molecular complexity index is 473. The number of unbranched alkanes of at least 4 members (excludes halogenated alkanes) is 2. The molecule has 0 saturated carbocycles. The largest absolute Gasteiger partial charge is 0.355 e. The van der Waals surface area contributed by atoms with E-state index < -0.39 is 0 Å². The number of nitrogens with one attached hydrogen (secondary N) is 3. The fourth-order valence-electron chi connectivity index (χ4n) is 2.25. The minimum absolute atomic E-state index is 0.0525. The third-order valence-corrected chi connectivity index (χ3v) is 3.59. The van der Waals surface area contributed by atoms with Gasteiger partial charge in [0, 0.05) is 31.7 Å². The van der Waals surface area contributed by atoms with Gasteiger partial charge in [0.05, 0.1) is 0 Å². The molecule has 0 fully saturated rings. The molecule has 5 nitrogen and oxygen atoms in total. The van der Waals surface area contributed by atoms with Gasteiger partial charge in [-0.3, -0.25) is 9.79 Å². The number of hydrogen-bond acceptors (Lipinski definition) is 2. The lowest BCUT2D eigenvalue weighted by molar-refractivity contribution is 0.0954. The predicted molar refractivity (Wildman–Crippen MR) is 96.9 cm³/mol. The van der Waals surface area contributed by atoms with Crippen LogP contribution in [0.15, 0.2) is 35.3 Å². The van der Waals surface area contributed by atoms with Crippen LogP contribution in [0.2, 0.25) is 0 Å². The van der Waals surface area contributed by atoms with Crippen molar-refractivity contribution in [1.82, 2.24) is 16.0 Å². The molecule has 1 amide bonds. The van der Waals surface area contributed by atoms with Crippen molar-refractivity contribution in [2.24, 2.45) is 4.99 Å². The van der Waals surface area contributed by atoms with Crippen molar-refractivity contribution in [2.45, 2.75) is 45.6 Å². The van der Waals surface area contributed by atoms with Gasteiger partial charge in [-0.1, -0.05) is 44.4 Å². The zero-order valence-corrected chi connectivity index (χ0v) is 14.6. The maximum Gasteiger partial charge on any atom is 0.251 e. The van der Waals surface area contributed by atoms with Crippen LogP contribution >= 0.6 is 0 Å². The van der Waals surface area contributed by atoms with Crippen molar-refractivity contribution < 1.29 is 4.79 Å². The van der Waals surface area contributed by atoms with Crippen LogP contribution in [0.1, 0.15) is 49.9 Å². The Morgan fingerprint density at radius 3 is 2.48 bits per heavy atom. The van der Waals surface area contributed by atoms with Crippen LogP contribution in [0.5, 0.6) is 0 Å². The Hall–Kier alpha value is -2.04. The molecule has 0 spiro atoms. The smallest absolute Gasteiger partial charge is 0.251 e. The molecule has 0 aromatic heterocycles. The summed E-state index contributed by atoms with van der Waals surface area (Å²) in [4.78, 5) is 16.1. The number of carbonyl (C=O) groups is 1. The molecule has 0 aliphatic rings. The Kier molecular flexibility index (Phi) is 9.52. The van der Waals surface area contributed by atoms with E-state index in [0.717, 1.165) is 12.4 Å². The van der Waals surface area contributed by atoms with Gasteiger partial charge in [0.15, 0.2) is 5.96 Å². The minimum atomic E-state index is -0.0525. The van der Waals surface area contributed by atoms with Crippen LogP contribution in [0, 0.1) is 0 Å². The second kappa shape index (κ2) is 11.5. The summed E-state index contributed by atoms with van der Waals surface area (Å²) in [6.07, 6.45) is 4.87. The highest BCUT2D eigenvalue weighted by atomic mass is 16.1. The molecule has 0 aliphatic heterocycles. The molecule has 5 heteroatoms. The van der Waals surface area contributed by atoms with Crippen LogP contribution in [-0.4, -0.2) is 38.0 Å². The van der Waals surface area contributed by atoms with Gasteiger partial charge in [-0.15, -0.1) is 0 Å². The quantitative estimate of drug-likeness (QED) is 0.372. The van der Waals surface area contributed by atoms with Gasteiger partial charge in [-0.05, 0) is 25.5 Å². The molecule has 1 rings (SSSR count). The van der Waals surface area contributed by atoms with Crippen molar-refractivity contribution in [1.29, 1.82) is 0 Å². The highest BCUT2D eigenvalue weighted by Crippen LogP contribution is 2.02. The molecule has 3 N–H and O–H groups in total. The number of aliphatic imine (C=N–C) groups is 1. The van der Waals surface area contributed by atoms with Crippen LogP contribution in [0.3, 0.4) is 0 Å². The lowest BCUT2D eigenvalue weighted by atomic mass is 10.1. The summed E-state index contributed by atoms with van der Waals surface area (Å²) >= 11 is 0. The SMILES string of the molecule is CCCCCC(C)NC(=NC)NCCNC(=O)c1ccccc1. The monoisotopic (exact) mass is 318 g/mol. The second-order valence-corrected chi connectivity index (χ2v) is 5.66. The maximum atomic E-state index is 11.9. The van der Waals surface area contributed by atoms with Crippen LogP contribution in [0.25, 0.3) is 0 Å². The summed E-state index contributed by atoms with van der Waals surface area (Å²) < 4.78 is 0. The predicted octanol–water partition coefficient (Wildman–Crippen LogP) is 2.55. The summed E-state index contributed by atoms with van der Waals surface area (Å²) in [6, 6.07) is 9.63. The number of benzene rings is 1. The summed E-state index contributed by atoms with van der Waals surface area (Å²) in [6.45, 7) is 5.57. The van der Waals surface area contributed by atoms with Gasteiger partial charge in [0.1, 0.15) is 0 Å². The Balaban J connectivity index is 2.21. The van der Waals surface area contributed by atoms with E-state index in [1.165, 1.54) is 19.3 Å². The highest BCUT2D eigenvalue weighted by Gasteiger charge is 2.06. The first kappa shape index (κ1) is 19.0. The number of hydrogen-bond donors (Lipinski definition) is 3. The normalized spacial score (nSPS) is 12.6. The molecule has 1 aromatic carbocycles. The molecule has 1 atom stereocenters. The number of rotatable bonds is 9. The van der Waals surface area contributed by atoms with Gasteiger partial charge in [-0.2, -0.15) is 0 Å². The third-order valence-electron chi connectivity index (χ3n) is 3.59. The summed E-state index contributed by atoms with van der Waals surface area (Å²) in [5.74, 6) is 0.728.